The molecule has 0 bridgehead atoms. The maximum absolute atomic E-state index is 10.7. The lowest BCUT2D eigenvalue weighted by atomic mass is 9.82. The van der Waals surface area contributed by atoms with Crippen LogP contribution in [0.3, 0.4) is 0 Å². The Bertz CT molecular complexity index is 862. The Kier molecular flexibility index (Phi) is 6.35. The third-order valence-corrected chi connectivity index (χ3v) is 3.57. The maximum Gasteiger partial charge on any atom is 0.344 e. The van der Waals surface area contributed by atoms with Crippen LogP contribution in [0.15, 0.2) is 36.1 Å². The molecule has 28 heavy (non-hydrogen) atoms. The summed E-state index contributed by atoms with van der Waals surface area (Å²) in [5.74, 6) is -10.2. The number of carboxylic acid groups (broad SMARTS) is 4. The summed E-state index contributed by atoms with van der Waals surface area (Å²) in [6.45, 7) is 0. The molecule has 2 rings (SSSR count). The van der Waals surface area contributed by atoms with Crippen molar-refractivity contribution >= 4 is 23.9 Å². The molecule has 0 amide bonds. The van der Waals surface area contributed by atoms with Crippen LogP contribution in [0.4, 0.5) is 0 Å². The average molecular weight is 398 g/mol. The number of aliphatic hydroxyl groups excluding tert-OH is 1. The first-order valence-electron chi connectivity index (χ1n) is 7.13. The number of aliphatic hydroxyl groups is 2. The van der Waals surface area contributed by atoms with E-state index >= 15 is 0 Å². The molecule has 12 nitrogen and oxygen atoms in total. The molecule has 0 aromatic heterocycles. The topological polar surface area (TPSA) is 230 Å². The highest BCUT2D eigenvalue weighted by atomic mass is 16.4. The molecule has 2 unspecified atom stereocenters. The molecular formula is C16H14O12. The zero-order chi connectivity index (χ0) is 21.8. The predicted octanol–water partition coefficient (Wildman–Crippen LogP) is 0.00880. The van der Waals surface area contributed by atoms with E-state index < -0.39 is 63.8 Å². The van der Waals surface area contributed by atoms with E-state index in [1.165, 1.54) is 6.08 Å². The molecule has 150 valence electrons. The molecular weight excluding hydrogens is 384 g/mol. The number of aromatic hydroxyl groups is 2. The quantitative estimate of drug-likeness (QED) is 0.335. The van der Waals surface area contributed by atoms with Gasteiger partial charge in [-0.25, -0.2) is 14.4 Å². The zero-order valence-corrected chi connectivity index (χ0v) is 13.7. The molecule has 0 heterocycles. The van der Waals surface area contributed by atoms with Crippen molar-refractivity contribution in [2.75, 3.05) is 0 Å². The number of aromatic carboxylic acids is 2. The molecule has 0 saturated heterocycles. The van der Waals surface area contributed by atoms with Gasteiger partial charge in [0, 0.05) is 6.07 Å². The van der Waals surface area contributed by atoms with Crippen LogP contribution in [0.2, 0.25) is 0 Å². The smallest absolute Gasteiger partial charge is 0.344 e. The lowest BCUT2D eigenvalue weighted by molar-refractivity contribution is -0.169. The summed E-state index contributed by atoms with van der Waals surface area (Å²) in [5.41, 5.74) is -3.92. The standard InChI is InChI=1S/C8H6O6.C8H8O6/c9-5-2-6(10)4(8(13)14)1-3(5)7(11)12;9-5-3-1-2-4(6(10)11)8(5,14)7(12)13/h1-2,9-10H,(H,11,12)(H,13,14);1-4,9,14H,(H,10,11)(H,12,13). The molecule has 0 fully saturated rings. The molecule has 8 N–H and O–H groups in total. The van der Waals surface area contributed by atoms with Gasteiger partial charge in [-0.15, -0.1) is 0 Å². The fourth-order valence-corrected chi connectivity index (χ4v) is 2.11. The monoisotopic (exact) mass is 398 g/mol. The maximum atomic E-state index is 10.7. The molecule has 1 aromatic carbocycles. The zero-order valence-electron chi connectivity index (χ0n) is 13.7. The average Bonchev–Trinajstić information content (AvgIpc) is 2.56. The third-order valence-electron chi connectivity index (χ3n) is 3.57. The second kappa shape index (κ2) is 8.09. The van der Waals surface area contributed by atoms with Crippen molar-refractivity contribution in [1.82, 2.24) is 0 Å². The minimum absolute atomic E-state index is 0.569. The SMILES string of the molecule is O=C(O)C1C=CC=C(O)C1(O)C(=O)O.O=C(O)c1cc(C(=O)O)c(O)cc1O. The van der Waals surface area contributed by atoms with Gasteiger partial charge >= 0.3 is 23.9 Å². The van der Waals surface area contributed by atoms with Crippen LogP contribution < -0.4 is 0 Å². The van der Waals surface area contributed by atoms with Crippen molar-refractivity contribution < 1.29 is 60.0 Å². The first kappa shape index (κ1) is 22.0. The van der Waals surface area contributed by atoms with Gasteiger partial charge in [0.05, 0.1) is 0 Å². The fourth-order valence-electron chi connectivity index (χ4n) is 2.11. The predicted molar refractivity (Wildman–Crippen MR) is 87.3 cm³/mol. The summed E-state index contributed by atoms with van der Waals surface area (Å²) >= 11 is 0. The van der Waals surface area contributed by atoms with Gasteiger partial charge in [0.15, 0.2) is 0 Å². The number of hydrogen-bond acceptors (Lipinski definition) is 8. The molecule has 0 saturated carbocycles. The second-order valence-corrected chi connectivity index (χ2v) is 5.32. The highest BCUT2D eigenvalue weighted by Crippen LogP contribution is 2.30. The lowest BCUT2D eigenvalue weighted by Crippen LogP contribution is -2.51. The largest absolute Gasteiger partial charge is 0.509 e. The first-order chi connectivity index (χ1) is 12.8. The molecule has 0 radical (unpaired) electrons. The highest BCUT2D eigenvalue weighted by molar-refractivity contribution is 5.97. The van der Waals surface area contributed by atoms with E-state index in [0.29, 0.717) is 12.1 Å². The number of carboxylic acids is 4. The van der Waals surface area contributed by atoms with Gasteiger partial charge in [-0.3, -0.25) is 4.79 Å². The Labute approximate surface area is 155 Å². The minimum Gasteiger partial charge on any atom is -0.509 e. The summed E-state index contributed by atoms with van der Waals surface area (Å²) < 4.78 is 0. The second-order valence-electron chi connectivity index (χ2n) is 5.32. The van der Waals surface area contributed by atoms with Crippen LogP contribution in [-0.2, 0) is 9.59 Å². The Morgan fingerprint density at radius 3 is 1.61 bits per heavy atom. The third kappa shape index (κ3) is 4.19. The fraction of sp³-hybridized carbons (Fsp3) is 0.125. The summed E-state index contributed by atoms with van der Waals surface area (Å²) in [6.07, 6.45) is 3.11. The van der Waals surface area contributed by atoms with Gasteiger partial charge in [-0.2, -0.15) is 0 Å². The first-order valence-corrected chi connectivity index (χ1v) is 7.13. The highest BCUT2D eigenvalue weighted by Gasteiger charge is 2.52. The Morgan fingerprint density at radius 2 is 1.29 bits per heavy atom. The van der Waals surface area contributed by atoms with Gasteiger partial charge in [0.2, 0.25) is 5.60 Å². The summed E-state index contributed by atoms with van der Waals surface area (Å²) in [6, 6.07) is 1.36. The van der Waals surface area contributed by atoms with E-state index in [-0.39, 0.29) is 0 Å². The molecule has 0 aliphatic heterocycles. The molecule has 0 spiro atoms. The summed E-state index contributed by atoms with van der Waals surface area (Å²) in [4.78, 5) is 42.2. The van der Waals surface area contributed by atoms with E-state index in [2.05, 4.69) is 0 Å². The van der Waals surface area contributed by atoms with Crippen molar-refractivity contribution in [2.45, 2.75) is 5.60 Å². The molecule has 12 heteroatoms. The van der Waals surface area contributed by atoms with Crippen molar-refractivity contribution in [2.24, 2.45) is 5.92 Å². The van der Waals surface area contributed by atoms with E-state index in [9.17, 15) is 24.3 Å². The van der Waals surface area contributed by atoms with Gasteiger partial charge in [0.1, 0.15) is 34.3 Å². The number of carbonyl (C=O) groups is 4. The number of hydrogen-bond donors (Lipinski definition) is 8. The minimum atomic E-state index is -2.78. The number of rotatable bonds is 4. The van der Waals surface area contributed by atoms with Gasteiger partial charge in [-0.1, -0.05) is 12.2 Å². The van der Waals surface area contributed by atoms with E-state index in [1.807, 2.05) is 0 Å². The summed E-state index contributed by atoms with van der Waals surface area (Å²) in [7, 11) is 0. The van der Waals surface area contributed by atoms with Gasteiger partial charge < -0.3 is 40.9 Å². The molecule has 2 atom stereocenters. The molecule has 1 aliphatic carbocycles. The number of allylic oxidation sites excluding steroid dienone is 2. The molecule has 1 aliphatic rings. The number of aliphatic carboxylic acids is 2. The lowest BCUT2D eigenvalue weighted by Gasteiger charge is -2.28. The number of phenols is 2. The van der Waals surface area contributed by atoms with Crippen LogP contribution in [-0.4, -0.2) is 70.3 Å². The van der Waals surface area contributed by atoms with Crippen LogP contribution in [0, 0.1) is 5.92 Å². The van der Waals surface area contributed by atoms with Gasteiger partial charge in [0.25, 0.3) is 0 Å². The van der Waals surface area contributed by atoms with Gasteiger partial charge in [-0.05, 0) is 12.1 Å². The normalized spacial score (nSPS) is 20.3. The van der Waals surface area contributed by atoms with Crippen molar-refractivity contribution in [1.29, 1.82) is 0 Å². The van der Waals surface area contributed by atoms with E-state index in [0.717, 1.165) is 12.2 Å². The van der Waals surface area contributed by atoms with Crippen LogP contribution >= 0.6 is 0 Å². The number of benzene rings is 1. The van der Waals surface area contributed by atoms with E-state index in [1.54, 1.807) is 0 Å². The van der Waals surface area contributed by atoms with Crippen molar-refractivity contribution in [3.63, 3.8) is 0 Å². The van der Waals surface area contributed by atoms with Crippen molar-refractivity contribution in [3.8, 4) is 11.5 Å². The van der Waals surface area contributed by atoms with Crippen molar-refractivity contribution in [3.05, 3.63) is 47.2 Å². The Balaban J connectivity index is 0.000000280. The summed E-state index contributed by atoms with van der Waals surface area (Å²) in [5, 5.41) is 71.0. The Morgan fingerprint density at radius 1 is 0.821 bits per heavy atom. The van der Waals surface area contributed by atoms with E-state index in [4.69, 9.17) is 35.7 Å². The Hall–Kier alpha value is -4.06. The van der Waals surface area contributed by atoms with Crippen LogP contribution in [0.25, 0.3) is 0 Å². The van der Waals surface area contributed by atoms with Crippen LogP contribution in [0.5, 0.6) is 11.5 Å². The molecule has 1 aromatic rings. The van der Waals surface area contributed by atoms with Crippen LogP contribution in [0.1, 0.15) is 20.7 Å².